The highest BCUT2D eigenvalue weighted by Gasteiger charge is 2.00. The van der Waals surface area contributed by atoms with Crippen molar-refractivity contribution in [2.24, 2.45) is 0 Å². The zero-order valence-electron chi connectivity index (χ0n) is 9.37. The number of carbonyl (C=O) groups is 1. The molecule has 0 unspecified atom stereocenters. The Morgan fingerprint density at radius 3 is 2.69 bits per heavy atom. The predicted octanol–water partition coefficient (Wildman–Crippen LogP) is 3.18. The van der Waals surface area contributed by atoms with Crippen molar-refractivity contribution in [3.8, 4) is 0 Å². The fourth-order valence-electron chi connectivity index (χ4n) is 1.24. The molecule has 1 rings (SSSR count). The van der Waals surface area contributed by atoms with E-state index in [0.717, 1.165) is 18.4 Å². The summed E-state index contributed by atoms with van der Waals surface area (Å²) in [5.74, 6) is -0.137. The second kappa shape index (κ2) is 7.07. The molecule has 86 valence electrons. The van der Waals surface area contributed by atoms with Gasteiger partial charge in [0.25, 0.3) is 0 Å². The Morgan fingerprint density at radius 1 is 1.38 bits per heavy atom. The molecule has 0 aliphatic heterocycles. The molecule has 0 radical (unpaired) electrons. The summed E-state index contributed by atoms with van der Waals surface area (Å²) in [6, 6.07) is 9.44. The molecule has 0 aliphatic carbocycles. The quantitative estimate of drug-likeness (QED) is 0.619. The summed E-state index contributed by atoms with van der Waals surface area (Å²) >= 11 is 6.01. The molecule has 0 fully saturated rings. The summed E-state index contributed by atoms with van der Waals surface area (Å²) in [7, 11) is 0. The van der Waals surface area contributed by atoms with Crippen LogP contribution in [0, 0.1) is 0 Å². The van der Waals surface area contributed by atoms with Gasteiger partial charge in [0, 0.05) is 12.6 Å². The largest absolute Gasteiger partial charge is 0.353 e. The first-order valence-electron chi connectivity index (χ1n) is 5.44. The van der Waals surface area contributed by atoms with Crippen LogP contribution >= 0.6 is 11.6 Å². The van der Waals surface area contributed by atoms with Crippen LogP contribution in [-0.2, 0) is 4.79 Å². The standard InChI is InChI=1S/C13H16ClNO/c1-2-3-9-15-13(16)10-12(14)11-7-5-4-6-8-11/h4-8,10H,2-3,9H2,1H3,(H,15,16)/b12-10+. The summed E-state index contributed by atoms with van der Waals surface area (Å²) < 4.78 is 0. The lowest BCUT2D eigenvalue weighted by atomic mass is 10.2. The fraction of sp³-hybridized carbons (Fsp3) is 0.308. The molecule has 16 heavy (non-hydrogen) atoms. The van der Waals surface area contributed by atoms with Crippen molar-refractivity contribution in [3.05, 3.63) is 42.0 Å². The maximum Gasteiger partial charge on any atom is 0.245 e. The minimum absolute atomic E-state index is 0.137. The molecule has 1 N–H and O–H groups in total. The van der Waals surface area contributed by atoms with Crippen molar-refractivity contribution in [2.75, 3.05) is 6.54 Å². The van der Waals surface area contributed by atoms with Crippen LogP contribution in [0.15, 0.2) is 36.4 Å². The number of hydrogen-bond acceptors (Lipinski definition) is 1. The molecule has 0 bridgehead atoms. The fourth-order valence-corrected chi connectivity index (χ4v) is 1.46. The monoisotopic (exact) mass is 237 g/mol. The van der Waals surface area contributed by atoms with Gasteiger partial charge in [0.2, 0.25) is 5.91 Å². The third-order valence-electron chi connectivity index (χ3n) is 2.14. The van der Waals surface area contributed by atoms with Crippen molar-refractivity contribution in [2.45, 2.75) is 19.8 Å². The van der Waals surface area contributed by atoms with Crippen LogP contribution in [0.5, 0.6) is 0 Å². The highest BCUT2D eigenvalue weighted by molar-refractivity contribution is 6.50. The number of carbonyl (C=O) groups excluding carboxylic acids is 1. The highest BCUT2D eigenvalue weighted by Crippen LogP contribution is 2.17. The van der Waals surface area contributed by atoms with Gasteiger partial charge in [-0.05, 0) is 12.0 Å². The van der Waals surface area contributed by atoms with Crippen LogP contribution in [0.4, 0.5) is 0 Å². The maximum absolute atomic E-state index is 11.4. The number of hydrogen-bond donors (Lipinski definition) is 1. The van der Waals surface area contributed by atoms with E-state index in [-0.39, 0.29) is 5.91 Å². The molecule has 1 aromatic carbocycles. The SMILES string of the molecule is CCCCNC(=O)/C=C(/Cl)c1ccccc1. The van der Waals surface area contributed by atoms with Crippen LogP contribution in [0.3, 0.4) is 0 Å². The molecule has 0 aliphatic rings. The number of nitrogens with one attached hydrogen (secondary N) is 1. The van der Waals surface area contributed by atoms with E-state index in [0.29, 0.717) is 11.6 Å². The van der Waals surface area contributed by atoms with Crippen LogP contribution in [-0.4, -0.2) is 12.5 Å². The highest BCUT2D eigenvalue weighted by atomic mass is 35.5. The van der Waals surface area contributed by atoms with Crippen LogP contribution in [0.2, 0.25) is 0 Å². The zero-order valence-corrected chi connectivity index (χ0v) is 10.1. The molecular weight excluding hydrogens is 222 g/mol. The molecule has 0 atom stereocenters. The molecule has 1 amide bonds. The molecular formula is C13H16ClNO. The molecule has 0 heterocycles. The van der Waals surface area contributed by atoms with E-state index < -0.39 is 0 Å². The van der Waals surface area contributed by atoms with E-state index in [2.05, 4.69) is 12.2 Å². The van der Waals surface area contributed by atoms with Crippen molar-refractivity contribution < 1.29 is 4.79 Å². The number of benzene rings is 1. The first-order valence-corrected chi connectivity index (χ1v) is 5.82. The van der Waals surface area contributed by atoms with Gasteiger partial charge in [-0.2, -0.15) is 0 Å². The molecule has 0 aromatic heterocycles. The Bertz CT molecular complexity index is 359. The van der Waals surface area contributed by atoms with Crippen LogP contribution in [0.1, 0.15) is 25.3 Å². The van der Waals surface area contributed by atoms with Gasteiger partial charge in [0.1, 0.15) is 0 Å². The lowest BCUT2D eigenvalue weighted by Crippen LogP contribution is -2.22. The van der Waals surface area contributed by atoms with Crippen molar-refractivity contribution in [1.29, 1.82) is 0 Å². The van der Waals surface area contributed by atoms with Crippen LogP contribution in [0.25, 0.3) is 5.03 Å². The average molecular weight is 238 g/mol. The summed E-state index contributed by atoms with van der Waals surface area (Å²) in [5, 5.41) is 3.25. The van der Waals surface area contributed by atoms with Crippen molar-refractivity contribution in [1.82, 2.24) is 5.32 Å². The average Bonchev–Trinajstić information content (AvgIpc) is 2.30. The van der Waals surface area contributed by atoms with E-state index in [4.69, 9.17) is 11.6 Å². The first kappa shape index (κ1) is 12.8. The van der Waals surface area contributed by atoms with Gasteiger partial charge in [0.05, 0.1) is 5.03 Å². The van der Waals surface area contributed by atoms with Gasteiger partial charge in [-0.1, -0.05) is 55.3 Å². The third kappa shape index (κ3) is 4.49. The first-order chi connectivity index (χ1) is 7.74. The van der Waals surface area contributed by atoms with E-state index in [9.17, 15) is 4.79 Å². The lowest BCUT2D eigenvalue weighted by molar-refractivity contribution is -0.116. The minimum atomic E-state index is -0.137. The Balaban J connectivity index is 2.53. The van der Waals surface area contributed by atoms with Crippen molar-refractivity contribution >= 4 is 22.5 Å². The van der Waals surface area contributed by atoms with Gasteiger partial charge in [-0.3, -0.25) is 4.79 Å². The Hall–Kier alpha value is -1.28. The molecule has 3 heteroatoms. The Labute approximate surface area is 101 Å². The molecule has 0 spiro atoms. The smallest absolute Gasteiger partial charge is 0.245 e. The van der Waals surface area contributed by atoms with E-state index in [1.165, 1.54) is 6.08 Å². The molecule has 0 saturated carbocycles. The van der Waals surface area contributed by atoms with Gasteiger partial charge >= 0.3 is 0 Å². The maximum atomic E-state index is 11.4. The summed E-state index contributed by atoms with van der Waals surface area (Å²) in [6.07, 6.45) is 3.48. The number of amides is 1. The third-order valence-corrected chi connectivity index (χ3v) is 2.46. The van der Waals surface area contributed by atoms with Gasteiger partial charge in [-0.25, -0.2) is 0 Å². The van der Waals surface area contributed by atoms with E-state index in [1.807, 2.05) is 30.3 Å². The molecule has 1 aromatic rings. The zero-order chi connectivity index (χ0) is 11.8. The van der Waals surface area contributed by atoms with Gasteiger partial charge < -0.3 is 5.32 Å². The van der Waals surface area contributed by atoms with E-state index >= 15 is 0 Å². The molecule has 2 nitrogen and oxygen atoms in total. The Morgan fingerprint density at radius 2 is 2.06 bits per heavy atom. The van der Waals surface area contributed by atoms with Crippen LogP contribution < -0.4 is 5.32 Å². The second-order valence-electron chi connectivity index (χ2n) is 3.50. The number of rotatable bonds is 5. The number of halogens is 1. The molecule has 0 saturated heterocycles. The van der Waals surface area contributed by atoms with Gasteiger partial charge in [-0.15, -0.1) is 0 Å². The predicted molar refractivity (Wildman–Crippen MR) is 68.2 cm³/mol. The van der Waals surface area contributed by atoms with Gasteiger partial charge in [0.15, 0.2) is 0 Å². The lowest BCUT2D eigenvalue weighted by Gasteiger charge is -2.01. The normalized spacial score (nSPS) is 11.2. The van der Waals surface area contributed by atoms with Crippen molar-refractivity contribution in [3.63, 3.8) is 0 Å². The Kier molecular flexibility index (Phi) is 5.65. The topological polar surface area (TPSA) is 29.1 Å². The minimum Gasteiger partial charge on any atom is -0.353 e. The number of unbranched alkanes of at least 4 members (excludes halogenated alkanes) is 1. The second-order valence-corrected chi connectivity index (χ2v) is 3.91. The summed E-state index contributed by atoms with van der Waals surface area (Å²) in [4.78, 5) is 11.4. The van der Waals surface area contributed by atoms with E-state index in [1.54, 1.807) is 0 Å². The summed E-state index contributed by atoms with van der Waals surface area (Å²) in [6.45, 7) is 2.78. The summed E-state index contributed by atoms with van der Waals surface area (Å²) in [5.41, 5.74) is 0.856.